The van der Waals surface area contributed by atoms with Crippen LogP contribution in [0.25, 0.3) is 5.65 Å². The van der Waals surface area contributed by atoms with Crippen LogP contribution in [-0.4, -0.2) is 33.6 Å². The van der Waals surface area contributed by atoms with Gasteiger partial charge in [0.1, 0.15) is 5.65 Å². The van der Waals surface area contributed by atoms with Crippen LogP contribution in [-0.2, 0) is 10.5 Å². The first kappa shape index (κ1) is 17.3. The van der Waals surface area contributed by atoms with E-state index in [1.165, 1.54) is 18.4 Å². The number of nitrogens with one attached hydrogen (secondary N) is 1. The topological polar surface area (TPSA) is 72.4 Å². The van der Waals surface area contributed by atoms with Crippen molar-refractivity contribution < 1.29 is 4.79 Å². The van der Waals surface area contributed by atoms with E-state index < -0.39 is 0 Å². The molecule has 2 heterocycles. The molecule has 6 heteroatoms. The fourth-order valence-corrected chi connectivity index (χ4v) is 4.12. The predicted octanol–water partition coefficient (Wildman–Crippen LogP) is 2.51. The van der Waals surface area contributed by atoms with Gasteiger partial charge in [-0.3, -0.25) is 4.79 Å². The third-order valence-electron chi connectivity index (χ3n) is 4.69. The number of carbonyl (C=O) groups is 1. The van der Waals surface area contributed by atoms with Crippen molar-refractivity contribution in [3.05, 3.63) is 35.8 Å². The first-order valence-electron chi connectivity index (χ1n) is 8.67. The lowest BCUT2D eigenvalue weighted by atomic mass is 9.84. The van der Waals surface area contributed by atoms with E-state index in [2.05, 4.69) is 29.5 Å². The van der Waals surface area contributed by atoms with E-state index in [-0.39, 0.29) is 11.9 Å². The number of imidazole rings is 1. The Kier molecular flexibility index (Phi) is 5.79. The SMILES string of the molecule is Cc1ccc2nc(CSCC(=O)NC3CCCCC3CN)cn2c1. The fourth-order valence-electron chi connectivity index (χ4n) is 3.40. The van der Waals surface area contributed by atoms with E-state index in [1.807, 2.05) is 16.7 Å². The second-order valence-corrected chi connectivity index (χ2v) is 7.64. The molecule has 3 N–H and O–H groups in total. The van der Waals surface area contributed by atoms with E-state index in [0.717, 1.165) is 29.9 Å². The predicted molar refractivity (Wildman–Crippen MR) is 99.0 cm³/mol. The van der Waals surface area contributed by atoms with Gasteiger partial charge in [-0.05, 0) is 43.9 Å². The van der Waals surface area contributed by atoms with Gasteiger partial charge in [0.25, 0.3) is 0 Å². The number of aryl methyl sites for hydroxylation is 1. The molecule has 2 atom stereocenters. The van der Waals surface area contributed by atoms with Gasteiger partial charge < -0.3 is 15.5 Å². The van der Waals surface area contributed by atoms with E-state index in [1.54, 1.807) is 11.8 Å². The molecule has 0 aromatic carbocycles. The largest absolute Gasteiger partial charge is 0.352 e. The first-order chi connectivity index (χ1) is 11.7. The van der Waals surface area contributed by atoms with Crippen LogP contribution in [0.1, 0.15) is 36.9 Å². The second kappa shape index (κ2) is 8.03. The Morgan fingerprint density at radius 3 is 3.04 bits per heavy atom. The summed E-state index contributed by atoms with van der Waals surface area (Å²) in [4.78, 5) is 16.8. The Balaban J connectivity index is 1.47. The van der Waals surface area contributed by atoms with Gasteiger partial charge in [0.05, 0.1) is 11.4 Å². The molecule has 5 nitrogen and oxygen atoms in total. The Bertz CT molecular complexity index is 699. The summed E-state index contributed by atoms with van der Waals surface area (Å²) in [5.41, 5.74) is 9.00. The lowest BCUT2D eigenvalue weighted by Crippen LogP contribution is -2.45. The highest BCUT2D eigenvalue weighted by Gasteiger charge is 2.25. The van der Waals surface area contributed by atoms with Crippen molar-refractivity contribution in [3.63, 3.8) is 0 Å². The number of fused-ring (bicyclic) bond motifs is 1. The Hall–Kier alpha value is -1.53. The zero-order valence-electron chi connectivity index (χ0n) is 14.2. The van der Waals surface area contributed by atoms with Gasteiger partial charge in [0.15, 0.2) is 0 Å². The van der Waals surface area contributed by atoms with Crippen molar-refractivity contribution in [2.24, 2.45) is 11.7 Å². The molecule has 1 fully saturated rings. The third-order valence-corrected chi connectivity index (χ3v) is 5.66. The molecule has 0 bridgehead atoms. The van der Waals surface area contributed by atoms with E-state index in [0.29, 0.717) is 18.2 Å². The van der Waals surface area contributed by atoms with Crippen molar-refractivity contribution in [1.29, 1.82) is 0 Å². The molecule has 0 spiro atoms. The zero-order valence-corrected chi connectivity index (χ0v) is 15.0. The quantitative estimate of drug-likeness (QED) is 0.843. The lowest BCUT2D eigenvalue weighted by Gasteiger charge is -2.31. The van der Waals surface area contributed by atoms with Crippen LogP contribution >= 0.6 is 11.8 Å². The summed E-state index contributed by atoms with van der Waals surface area (Å²) in [7, 11) is 0. The number of nitrogens with two attached hydrogens (primary N) is 1. The van der Waals surface area contributed by atoms with E-state index in [4.69, 9.17) is 5.73 Å². The maximum Gasteiger partial charge on any atom is 0.230 e. The highest BCUT2D eigenvalue weighted by molar-refractivity contribution is 7.99. The van der Waals surface area contributed by atoms with Crippen LogP contribution in [0, 0.1) is 12.8 Å². The van der Waals surface area contributed by atoms with Gasteiger partial charge >= 0.3 is 0 Å². The van der Waals surface area contributed by atoms with E-state index in [9.17, 15) is 4.79 Å². The highest BCUT2D eigenvalue weighted by Crippen LogP contribution is 2.23. The number of carbonyl (C=O) groups excluding carboxylic acids is 1. The molecule has 2 unspecified atom stereocenters. The highest BCUT2D eigenvalue weighted by atomic mass is 32.2. The van der Waals surface area contributed by atoms with Gasteiger partial charge in [-0.15, -0.1) is 11.8 Å². The molecule has 1 aliphatic rings. The Morgan fingerprint density at radius 2 is 2.21 bits per heavy atom. The van der Waals surface area contributed by atoms with E-state index >= 15 is 0 Å². The third kappa shape index (κ3) is 4.30. The molecule has 130 valence electrons. The molecular weight excluding hydrogens is 320 g/mol. The number of nitrogens with zero attached hydrogens (tertiary/aromatic N) is 2. The molecule has 1 saturated carbocycles. The number of aromatic nitrogens is 2. The average molecular weight is 347 g/mol. The zero-order chi connectivity index (χ0) is 16.9. The smallest absolute Gasteiger partial charge is 0.230 e. The Morgan fingerprint density at radius 1 is 1.38 bits per heavy atom. The second-order valence-electron chi connectivity index (χ2n) is 6.65. The summed E-state index contributed by atoms with van der Waals surface area (Å²) < 4.78 is 2.04. The number of hydrogen-bond donors (Lipinski definition) is 2. The minimum absolute atomic E-state index is 0.116. The standard InChI is InChI=1S/C18H26N4OS/c1-13-6-7-17-20-15(10-22(17)9-13)11-24-12-18(23)21-16-5-3-2-4-14(16)8-19/h6-7,9-10,14,16H,2-5,8,11-12,19H2,1H3,(H,21,23). The summed E-state index contributed by atoms with van der Waals surface area (Å²) in [6.07, 6.45) is 8.73. The van der Waals surface area contributed by atoms with Crippen LogP contribution in [0.5, 0.6) is 0 Å². The van der Waals surface area contributed by atoms with Gasteiger partial charge in [0.2, 0.25) is 5.91 Å². The number of thioether (sulfide) groups is 1. The molecule has 0 aliphatic heterocycles. The molecule has 2 aromatic heterocycles. The number of amides is 1. The summed E-state index contributed by atoms with van der Waals surface area (Å²) in [6, 6.07) is 4.34. The summed E-state index contributed by atoms with van der Waals surface area (Å²) >= 11 is 1.61. The molecular formula is C18H26N4OS. The van der Waals surface area contributed by atoms with Crippen LogP contribution in [0.3, 0.4) is 0 Å². The van der Waals surface area contributed by atoms with Gasteiger partial charge in [-0.1, -0.05) is 18.9 Å². The summed E-state index contributed by atoms with van der Waals surface area (Å²) in [5.74, 6) is 1.78. The lowest BCUT2D eigenvalue weighted by molar-refractivity contribution is -0.119. The molecule has 1 amide bonds. The van der Waals surface area contributed by atoms with Crippen LogP contribution in [0.2, 0.25) is 0 Å². The summed E-state index contributed by atoms with van der Waals surface area (Å²) in [5, 5.41) is 3.17. The molecule has 0 saturated heterocycles. The van der Waals surface area contributed by atoms with Crippen molar-refractivity contribution in [2.75, 3.05) is 12.3 Å². The van der Waals surface area contributed by atoms with Gasteiger partial charge in [0, 0.05) is 24.2 Å². The molecule has 24 heavy (non-hydrogen) atoms. The first-order valence-corrected chi connectivity index (χ1v) is 9.82. The maximum atomic E-state index is 12.2. The fraction of sp³-hybridized carbons (Fsp3) is 0.556. The van der Waals surface area contributed by atoms with Gasteiger partial charge in [-0.25, -0.2) is 4.98 Å². The number of hydrogen-bond acceptors (Lipinski definition) is 4. The van der Waals surface area contributed by atoms with Crippen molar-refractivity contribution in [1.82, 2.24) is 14.7 Å². The molecule has 3 rings (SSSR count). The molecule has 1 aliphatic carbocycles. The minimum atomic E-state index is 0.116. The van der Waals surface area contributed by atoms with Crippen molar-refractivity contribution >= 4 is 23.3 Å². The average Bonchev–Trinajstić information content (AvgIpc) is 2.97. The number of rotatable bonds is 6. The van der Waals surface area contributed by atoms with Crippen LogP contribution in [0.15, 0.2) is 24.5 Å². The van der Waals surface area contributed by atoms with Crippen LogP contribution < -0.4 is 11.1 Å². The van der Waals surface area contributed by atoms with Gasteiger partial charge in [-0.2, -0.15) is 0 Å². The molecule has 2 aromatic rings. The number of pyridine rings is 1. The normalized spacial score (nSPS) is 21.1. The van der Waals surface area contributed by atoms with Crippen molar-refractivity contribution in [2.45, 2.75) is 44.4 Å². The summed E-state index contributed by atoms with van der Waals surface area (Å²) in [6.45, 7) is 2.73. The van der Waals surface area contributed by atoms with Crippen molar-refractivity contribution in [3.8, 4) is 0 Å². The maximum absolute atomic E-state index is 12.2. The Labute approximate surface area is 147 Å². The minimum Gasteiger partial charge on any atom is -0.352 e. The monoisotopic (exact) mass is 346 g/mol. The molecule has 0 radical (unpaired) electrons. The van der Waals surface area contributed by atoms with Crippen LogP contribution in [0.4, 0.5) is 0 Å².